The third kappa shape index (κ3) is 4.39. The average molecular weight is 395 g/mol. The Hall–Kier alpha value is -3.77. The molecule has 29 heavy (non-hydrogen) atoms. The van der Waals surface area contributed by atoms with Crippen molar-refractivity contribution in [1.82, 2.24) is 15.5 Å². The molecule has 0 saturated heterocycles. The zero-order valence-electron chi connectivity index (χ0n) is 15.7. The minimum atomic E-state index is -1.15. The quantitative estimate of drug-likeness (QED) is 0.645. The van der Waals surface area contributed by atoms with Gasteiger partial charge < -0.3 is 28.8 Å². The number of carbonyl (C=O) groups excluding carboxylic acids is 1. The summed E-state index contributed by atoms with van der Waals surface area (Å²) in [4.78, 5) is 16.5. The topological polar surface area (TPSA) is 120 Å². The van der Waals surface area contributed by atoms with E-state index in [2.05, 4.69) is 27.3 Å². The van der Waals surface area contributed by atoms with E-state index in [0.29, 0.717) is 28.8 Å². The van der Waals surface area contributed by atoms with E-state index in [-0.39, 0.29) is 24.9 Å². The van der Waals surface area contributed by atoms with Crippen molar-refractivity contribution < 1.29 is 28.3 Å². The minimum absolute atomic E-state index is 0.0538. The van der Waals surface area contributed by atoms with Crippen LogP contribution in [0.5, 0.6) is 11.5 Å². The van der Waals surface area contributed by atoms with Crippen molar-refractivity contribution in [3.8, 4) is 34.8 Å². The van der Waals surface area contributed by atoms with Gasteiger partial charge in [-0.15, -0.1) is 0 Å². The van der Waals surface area contributed by atoms with Crippen molar-refractivity contribution in [1.29, 1.82) is 0 Å². The molecule has 0 aliphatic carbocycles. The lowest BCUT2D eigenvalue weighted by atomic mass is 10.1. The Labute approximate surface area is 165 Å². The molecule has 1 aliphatic heterocycles. The molecule has 9 heteroatoms. The summed E-state index contributed by atoms with van der Waals surface area (Å²) in [6, 6.07) is 8.34. The molecule has 0 radical (unpaired) electrons. The van der Waals surface area contributed by atoms with E-state index in [9.17, 15) is 9.90 Å². The number of nitrogens with zero attached hydrogens (tertiary/aromatic N) is 2. The molecule has 1 aliphatic rings. The van der Waals surface area contributed by atoms with E-state index in [0.717, 1.165) is 0 Å². The van der Waals surface area contributed by atoms with Gasteiger partial charge in [-0.05, 0) is 50.1 Å². The van der Waals surface area contributed by atoms with Gasteiger partial charge in [-0.3, -0.25) is 4.79 Å². The molecule has 0 unspecified atom stereocenters. The Morgan fingerprint density at radius 1 is 1.24 bits per heavy atom. The van der Waals surface area contributed by atoms with Crippen LogP contribution in [-0.4, -0.2) is 33.5 Å². The van der Waals surface area contributed by atoms with Gasteiger partial charge in [0.15, 0.2) is 28.8 Å². The van der Waals surface area contributed by atoms with Crippen LogP contribution in [0.1, 0.15) is 36.0 Å². The number of hydrogen-bond acceptors (Lipinski definition) is 8. The molecule has 3 aromatic rings. The molecular formula is C20H17N3O6. The molecule has 4 rings (SSSR count). The van der Waals surface area contributed by atoms with Crippen LogP contribution in [0.15, 0.2) is 39.3 Å². The highest BCUT2D eigenvalue weighted by molar-refractivity contribution is 5.91. The Kier molecular flexibility index (Phi) is 4.70. The van der Waals surface area contributed by atoms with Crippen LogP contribution >= 0.6 is 0 Å². The Morgan fingerprint density at radius 3 is 2.90 bits per heavy atom. The molecule has 0 bridgehead atoms. The van der Waals surface area contributed by atoms with Crippen LogP contribution in [0.25, 0.3) is 11.5 Å². The monoisotopic (exact) mass is 395 g/mol. The van der Waals surface area contributed by atoms with Gasteiger partial charge in [-0.1, -0.05) is 11.1 Å². The zero-order valence-corrected chi connectivity index (χ0v) is 15.7. The average Bonchev–Trinajstić information content (AvgIpc) is 3.43. The number of fused-ring (bicyclic) bond motifs is 1. The third-order valence-corrected chi connectivity index (χ3v) is 3.82. The number of rotatable bonds is 4. The van der Waals surface area contributed by atoms with Gasteiger partial charge in [0.1, 0.15) is 5.60 Å². The molecule has 1 amide bonds. The molecule has 0 fully saturated rings. The van der Waals surface area contributed by atoms with Crippen LogP contribution in [0.4, 0.5) is 0 Å². The summed E-state index contributed by atoms with van der Waals surface area (Å²) in [5.74, 6) is 7.07. The van der Waals surface area contributed by atoms with Crippen molar-refractivity contribution in [2.45, 2.75) is 26.0 Å². The van der Waals surface area contributed by atoms with Gasteiger partial charge in [0.2, 0.25) is 6.79 Å². The van der Waals surface area contributed by atoms with E-state index in [4.69, 9.17) is 18.4 Å². The fraction of sp³-hybridized carbons (Fsp3) is 0.250. The van der Waals surface area contributed by atoms with Crippen molar-refractivity contribution in [3.63, 3.8) is 0 Å². The van der Waals surface area contributed by atoms with Crippen LogP contribution in [0.2, 0.25) is 0 Å². The van der Waals surface area contributed by atoms with Crippen LogP contribution in [0.3, 0.4) is 0 Å². The van der Waals surface area contributed by atoms with E-state index < -0.39 is 11.5 Å². The highest BCUT2D eigenvalue weighted by atomic mass is 16.7. The number of amides is 1. The first-order valence-electron chi connectivity index (χ1n) is 8.73. The fourth-order valence-electron chi connectivity index (χ4n) is 2.46. The first-order chi connectivity index (χ1) is 13.9. The standard InChI is InChI=1S/C20H17N3O6/c1-20(2,25)8-7-13-4-6-15(28-13)18(24)21-10-17-22-19(29-23-17)12-3-5-14-16(9-12)27-11-26-14/h3-6,9,25H,10-11H2,1-2H3,(H,21,24). The lowest BCUT2D eigenvalue weighted by Crippen LogP contribution is -2.22. The Morgan fingerprint density at radius 2 is 2.07 bits per heavy atom. The number of furan rings is 1. The summed E-state index contributed by atoms with van der Waals surface area (Å²) >= 11 is 0. The Balaban J connectivity index is 1.38. The van der Waals surface area contributed by atoms with Gasteiger partial charge >= 0.3 is 0 Å². The first-order valence-corrected chi connectivity index (χ1v) is 8.73. The molecule has 148 valence electrons. The fourth-order valence-corrected chi connectivity index (χ4v) is 2.46. The minimum Gasteiger partial charge on any atom is -0.454 e. The second kappa shape index (κ2) is 7.33. The number of benzene rings is 1. The number of hydrogen-bond donors (Lipinski definition) is 2. The summed E-state index contributed by atoms with van der Waals surface area (Å²) in [5.41, 5.74) is -0.468. The van der Waals surface area contributed by atoms with E-state index in [1.807, 2.05) is 0 Å². The number of carbonyl (C=O) groups is 1. The van der Waals surface area contributed by atoms with Crippen LogP contribution in [-0.2, 0) is 6.54 Å². The highest BCUT2D eigenvalue weighted by Crippen LogP contribution is 2.35. The molecular weight excluding hydrogens is 378 g/mol. The predicted octanol–water partition coefficient (Wildman–Crippen LogP) is 2.11. The summed E-state index contributed by atoms with van der Waals surface area (Å²) in [6.45, 7) is 3.34. The third-order valence-electron chi connectivity index (χ3n) is 3.82. The highest BCUT2D eigenvalue weighted by Gasteiger charge is 2.17. The molecule has 2 N–H and O–H groups in total. The van der Waals surface area contributed by atoms with Crippen molar-refractivity contribution in [2.24, 2.45) is 0 Å². The predicted molar refractivity (Wildman–Crippen MR) is 98.9 cm³/mol. The molecule has 2 aromatic heterocycles. The smallest absolute Gasteiger partial charge is 0.287 e. The van der Waals surface area contributed by atoms with Crippen molar-refractivity contribution >= 4 is 5.91 Å². The number of aromatic nitrogens is 2. The van der Waals surface area contributed by atoms with Gasteiger partial charge in [0.25, 0.3) is 11.8 Å². The van der Waals surface area contributed by atoms with E-state index in [1.165, 1.54) is 6.07 Å². The second-order valence-corrected chi connectivity index (χ2v) is 6.74. The number of aliphatic hydroxyl groups is 1. The van der Waals surface area contributed by atoms with E-state index >= 15 is 0 Å². The normalized spacial score (nSPS) is 12.4. The first kappa shape index (κ1) is 18.6. The summed E-state index contributed by atoms with van der Waals surface area (Å²) in [5, 5.41) is 16.1. The molecule has 3 heterocycles. The second-order valence-electron chi connectivity index (χ2n) is 6.74. The maximum absolute atomic E-state index is 12.2. The maximum Gasteiger partial charge on any atom is 0.287 e. The Bertz CT molecular complexity index is 1110. The molecule has 0 spiro atoms. The summed E-state index contributed by atoms with van der Waals surface area (Å²) < 4.78 is 21.2. The van der Waals surface area contributed by atoms with Gasteiger partial charge in [0, 0.05) is 5.56 Å². The summed E-state index contributed by atoms with van der Waals surface area (Å²) in [6.07, 6.45) is 0. The van der Waals surface area contributed by atoms with Gasteiger partial charge in [-0.2, -0.15) is 4.98 Å². The maximum atomic E-state index is 12.2. The zero-order chi connectivity index (χ0) is 20.4. The van der Waals surface area contributed by atoms with Gasteiger partial charge in [-0.25, -0.2) is 0 Å². The lowest BCUT2D eigenvalue weighted by Gasteiger charge is -2.05. The molecule has 9 nitrogen and oxygen atoms in total. The lowest BCUT2D eigenvalue weighted by molar-refractivity contribution is 0.0921. The van der Waals surface area contributed by atoms with Crippen LogP contribution < -0.4 is 14.8 Å². The summed E-state index contributed by atoms with van der Waals surface area (Å²) in [7, 11) is 0. The molecule has 1 aromatic carbocycles. The van der Waals surface area contributed by atoms with Crippen LogP contribution in [0, 0.1) is 11.8 Å². The van der Waals surface area contributed by atoms with E-state index in [1.54, 1.807) is 38.1 Å². The molecule has 0 saturated carbocycles. The SMILES string of the molecule is CC(C)(O)C#Cc1ccc(C(=O)NCc2noc(-c3ccc4c(c3)OCO4)n2)o1. The number of ether oxygens (including phenoxy) is 2. The van der Waals surface area contributed by atoms with Crippen molar-refractivity contribution in [2.75, 3.05) is 6.79 Å². The largest absolute Gasteiger partial charge is 0.454 e. The van der Waals surface area contributed by atoms with Gasteiger partial charge in [0.05, 0.1) is 6.54 Å². The molecule has 0 atom stereocenters. The number of nitrogens with one attached hydrogen (secondary N) is 1. The van der Waals surface area contributed by atoms with Crippen molar-refractivity contribution in [3.05, 3.63) is 47.7 Å².